The first-order valence-corrected chi connectivity index (χ1v) is 10.4. The van der Waals surface area contributed by atoms with Gasteiger partial charge >= 0.3 is 0 Å². The standard InChI is InChI=1S/C17H22N2OS2.C2H6/c1-4-5-17-19-16(12-21-17)14-6-8-15(9-7-14)22(20)18-11-10-13(2)3;1-2/h4,6-9,12-13,18H,1,5,10-11H2,2-3H3;1-2H3. The van der Waals surface area contributed by atoms with E-state index in [0.717, 1.165) is 40.5 Å². The lowest BCUT2D eigenvalue weighted by Gasteiger charge is -2.07. The van der Waals surface area contributed by atoms with Crippen molar-refractivity contribution in [3.63, 3.8) is 0 Å². The minimum Gasteiger partial charge on any atom is -0.241 e. The van der Waals surface area contributed by atoms with Crippen molar-refractivity contribution < 1.29 is 4.21 Å². The van der Waals surface area contributed by atoms with Crippen LogP contribution in [0.2, 0.25) is 0 Å². The van der Waals surface area contributed by atoms with E-state index in [4.69, 9.17) is 0 Å². The molecule has 2 rings (SSSR count). The minimum atomic E-state index is -1.14. The number of nitrogens with one attached hydrogen (secondary N) is 1. The molecule has 1 aromatic heterocycles. The van der Waals surface area contributed by atoms with Gasteiger partial charge in [-0.1, -0.05) is 45.9 Å². The van der Waals surface area contributed by atoms with Gasteiger partial charge in [0.25, 0.3) is 0 Å². The third kappa shape index (κ3) is 6.67. The van der Waals surface area contributed by atoms with Crippen molar-refractivity contribution in [1.82, 2.24) is 9.71 Å². The Kier molecular flexibility index (Phi) is 9.76. The van der Waals surface area contributed by atoms with E-state index in [1.807, 2.05) is 49.6 Å². The van der Waals surface area contributed by atoms with Crippen LogP contribution in [0.5, 0.6) is 0 Å². The average Bonchev–Trinajstić information content (AvgIpc) is 3.05. The molecule has 1 atom stereocenters. The first-order valence-electron chi connectivity index (χ1n) is 8.41. The summed E-state index contributed by atoms with van der Waals surface area (Å²) in [5.41, 5.74) is 2.02. The third-order valence-electron chi connectivity index (χ3n) is 3.19. The lowest BCUT2D eigenvalue weighted by molar-refractivity contribution is 0.578. The highest BCUT2D eigenvalue weighted by Gasteiger charge is 2.07. The summed E-state index contributed by atoms with van der Waals surface area (Å²) < 4.78 is 15.2. The van der Waals surface area contributed by atoms with Crippen LogP contribution in [0.25, 0.3) is 11.3 Å². The van der Waals surface area contributed by atoms with Gasteiger partial charge in [-0.25, -0.2) is 13.9 Å². The number of allylic oxidation sites excluding steroid dienone is 1. The second-order valence-electron chi connectivity index (χ2n) is 5.49. The zero-order valence-corrected chi connectivity index (χ0v) is 16.7. The van der Waals surface area contributed by atoms with Gasteiger partial charge in [-0.05, 0) is 24.5 Å². The van der Waals surface area contributed by atoms with E-state index in [2.05, 4.69) is 30.1 Å². The summed E-state index contributed by atoms with van der Waals surface area (Å²) in [6.45, 7) is 12.8. The molecule has 0 aliphatic carbocycles. The van der Waals surface area contributed by atoms with Crippen molar-refractivity contribution in [2.45, 2.75) is 45.4 Å². The first kappa shape index (κ1) is 20.7. The van der Waals surface area contributed by atoms with E-state index in [9.17, 15) is 4.21 Å². The summed E-state index contributed by atoms with van der Waals surface area (Å²) in [5.74, 6) is 0.612. The number of hydrogen-bond donors (Lipinski definition) is 1. The van der Waals surface area contributed by atoms with Crippen LogP contribution in [-0.4, -0.2) is 15.7 Å². The Morgan fingerprint density at radius 3 is 2.54 bits per heavy atom. The van der Waals surface area contributed by atoms with Gasteiger partial charge in [0.05, 0.1) is 15.6 Å². The highest BCUT2D eigenvalue weighted by molar-refractivity contribution is 7.83. The summed E-state index contributed by atoms with van der Waals surface area (Å²) in [6.07, 6.45) is 3.68. The van der Waals surface area contributed by atoms with Crippen LogP contribution < -0.4 is 4.72 Å². The maximum atomic E-state index is 12.1. The fourth-order valence-corrected chi connectivity index (χ4v) is 3.59. The lowest BCUT2D eigenvalue weighted by atomic mass is 10.1. The highest BCUT2D eigenvalue weighted by atomic mass is 32.2. The molecule has 1 aromatic carbocycles. The summed E-state index contributed by atoms with van der Waals surface area (Å²) in [5, 5.41) is 3.11. The average molecular weight is 365 g/mol. The van der Waals surface area contributed by atoms with E-state index in [1.165, 1.54) is 0 Å². The quantitative estimate of drug-likeness (QED) is 0.652. The van der Waals surface area contributed by atoms with Crippen LogP contribution in [0.1, 0.15) is 39.1 Å². The second kappa shape index (κ2) is 11.3. The molecule has 0 bridgehead atoms. The zero-order chi connectivity index (χ0) is 17.9. The van der Waals surface area contributed by atoms with Crippen molar-refractivity contribution in [2.24, 2.45) is 5.92 Å². The van der Waals surface area contributed by atoms with Gasteiger partial charge < -0.3 is 0 Å². The fourth-order valence-electron chi connectivity index (χ4n) is 1.93. The van der Waals surface area contributed by atoms with Crippen LogP contribution in [0, 0.1) is 5.92 Å². The molecule has 0 amide bonds. The van der Waals surface area contributed by atoms with E-state index >= 15 is 0 Å². The maximum Gasteiger partial charge on any atom is 0.124 e. The fraction of sp³-hybridized carbons (Fsp3) is 0.421. The number of benzene rings is 1. The number of thiazole rings is 1. The molecule has 0 spiro atoms. The molecule has 0 saturated heterocycles. The Hall–Kier alpha value is -1.30. The number of aromatic nitrogens is 1. The summed E-state index contributed by atoms with van der Waals surface area (Å²) in [7, 11) is -1.14. The Bertz CT molecular complexity index is 633. The molecular formula is C19H28N2OS2. The number of nitrogens with zero attached hydrogens (tertiary/aromatic N) is 1. The van der Waals surface area contributed by atoms with Gasteiger partial charge in [-0.3, -0.25) is 0 Å². The van der Waals surface area contributed by atoms with Crippen LogP contribution in [0.4, 0.5) is 0 Å². The van der Waals surface area contributed by atoms with Gasteiger partial charge in [0.2, 0.25) is 0 Å². The first-order chi connectivity index (χ1) is 11.6. The number of rotatable bonds is 8. The molecular weight excluding hydrogens is 336 g/mol. The SMILES string of the molecule is C=CCc1nc(-c2ccc(S(=O)NCCC(C)C)cc2)cs1.CC. The lowest BCUT2D eigenvalue weighted by Crippen LogP contribution is -2.19. The van der Waals surface area contributed by atoms with Gasteiger partial charge in [0.1, 0.15) is 11.0 Å². The Morgan fingerprint density at radius 2 is 1.96 bits per heavy atom. The topological polar surface area (TPSA) is 42.0 Å². The van der Waals surface area contributed by atoms with Crippen molar-refractivity contribution >= 4 is 22.3 Å². The van der Waals surface area contributed by atoms with Gasteiger partial charge in [-0.15, -0.1) is 17.9 Å². The molecule has 0 fully saturated rings. The van der Waals surface area contributed by atoms with Crippen molar-refractivity contribution in [3.05, 3.63) is 47.3 Å². The number of hydrogen-bond acceptors (Lipinski definition) is 3. The van der Waals surface area contributed by atoms with Crippen LogP contribution in [0.3, 0.4) is 0 Å². The van der Waals surface area contributed by atoms with Crippen LogP contribution in [0.15, 0.2) is 47.2 Å². The molecule has 1 heterocycles. The van der Waals surface area contributed by atoms with Gasteiger partial charge in [0.15, 0.2) is 0 Å². The molecule has 3 nitrogen and oxygen atoms in total. The van der Waals surface area contributed by atoms with Crippen LogP contribution in [-0.2, 0) is 17.4 Å². The molecule has 0 aliphatic rings. The van der Waals surface area contributed by atoms with Crippen molar-refractivity contribution in [3.8, 4) is 11.3 Å². The van der Waals surface area contributed by atoms with Crippen molar-refractivity contribution in [2.75, 3.05) is 6.54 Å². The zero-order valence-electron chi connectivity index (χ0n) is 15.0. The maximum absolute atomic E-state index is 12.1. The van der Waals surface area contributed by atoms with Crippen LogP contribution >= 0.6 is 11.3 Å². The summed E-state index contributed by atoms with van der Waals surface area (Å²) in [6, 6.07) is 7.76. The highest BCUT2D eigenvalue weighted by Crippen LogP contribution is 2.23. The summed E-state index contributed by atoms with van der Waals surface area (Å²) in [4.78, 5) is 5.37. The Morgan fingerprint density at radius 1 is 1.29 bits per heavy atom. The molecule has 0 saturated carbocycles. The molecule has 1 N–H and O–H groups in total. The van der Waals surface area contributed by atoms with E-state index in [0.29, 0.717) is 5.92 Å². The van der Waals surface area contributed by atoms with Gasteiger partial charge in [0, 0.05) is 23.9 Å². The third-order valence-corrected chi connectivity index (χ3v) is 5.23. The normalized spacial score (nSPS) is 11.7. The van der Waals surface area contributed by atoms with Gasteiger partial charge in [-0.2, -0.15) is 0 Å². The molecule has 132 valence electrons. The molecule has 0 aliphatic heterocycles. The molecule has 0 radical (unpaired) electrons. The summed E-state index contributed by atoms with van der Waals surface area (Å²) >= 11 is 1.64. The molecule has 2 aromatic rings. The van der Waals surface area contributed by atoms with E-state index in [1.54, 1.807) is 11.3 Å². The van der Waals surface area contributed by atoms with E-state index in [-0.39, 0.29) is 0 Å². The Labute approximate surface area is 152 Å². The minimum absolute atomic E-state index is 0.612. The molecule has 1 unspecified atom stereocenters. The van der Waals surface area contributed by atoms with Crippen molar-refractivity contribution in [1.29, 1.82) is 0 Å². The predicted octanol–water partition coefficient (Wildman–Crippen LogP) is 5.22. The second-order valence-corrected chi connectivity index (χ2v) is 7.73. The smallest absolute Gasteiger partial charge is 0.124 e. The van der Waals surface area contributed by atoms with E-state index < -0.39 is 11.0 Å². The predicted molar refractivity (Wildman–Crippen MR) is 107 cm³/mol. The largest absolute Gasteiger partial charge is 0.241 e. The Balaban J connectivity index is 0.00000139. The molecule has 24 heavy (non-hydrogen) atoms. The molecule has 5 heteroatoms. The monoisotopic (exact) mass is 364 g/mol.